The van der Waals surface area contributed by atoms with Crippen molar-refractivity contribution in [3.63, 3.8) is 0 Å². The molecule has 6 heteroatoms. The van der Waals surface area contributed by atoms with Gasteiger partial charge in [-0.1, -0.05) is 6.07 Å². The number of ketones is 1. The van der Waals surface area contributed by atoms with Crippen LogP contribution in [0.1, 0.15) is 43.7 Å². The van der Waals surface area contributed by atoms with Gasteiger partial charge in [0.2, 0.25) is 0 Å². The normalized spacial score (nSPS) is 18.9. The molecule has 1 unspecified atom stereocenters. The van der Waals surface area contributed by atoms with Gasteiger partial charge >= 0.3 is 6.18 Å². The van der Waals surface area contributed by atoms with E-state index >= 15 is 0 Å². The number of hydrogen-bond donors (Lipinski definition) is 0. The Bertz CT molecular complexity index is 604. The van der Waals surface area contributed by atoms with E-state index in [4.69, 9.17) is 5.26 Å². The Morgan fingerprint density at radius 1 is 1.41 bits per heavy atom. The molecule has 118 valence electrons. The van der Waals surface area contributed by atoms with Gasteiger partial charge in [0.1, 0.15) is 5.78 Å². The summed E-state index contributed by atoms with van der Waals surface area (Å²) in [6.07, 6.45) is -2.46. The second-order valence-corrected chi connectivity index (χ2v) is 5.38. The number of nitrogens with zero attached hydrogens (tertiary/aromatic N) is 2. The second-order valence-electron chi connectivity index (χ2n) is 5.38. The van der Waals surface area contributed by atoms with Crippen LogP contribution in [0.4, 0.5) is 18.9 Å². The molecule has 0 bridgehead atoms. The van der Waals surface area contributed by atoms with Gasteiger partial charge in [-0.05, 0) is 31.9 Å². The minimum atomic E-state index is -4.60. The zero-order valence-corrected chi connectivity index (χ0v) is 12.3. The lowest BCUT2D eigenvalue weighted by atomic mass is 9.92. The van der Waals surface area contributed by atoms with Crippen LogP contribution in [0.15, 0.2) is 18.2 Å². The predicted octanol–water partition coefficient (Wildman–Crippen LogP) is 3.92. The lowest BCUT2D eigenvalue weighted by Crippen LogP contribution is -2.40. The van der Waals surface area contributed by atoms with E-state index in [9.17, 15) is 18.0 Å². The Hall–Kier alpha value is -2.03. The number of hydrogen-bond acceptors (Lipinski definition) is 3. The van der Waals surface area contributed by atoms with Crippen LogP contribution in [-0.4, -0.2) is 18.4 Å². The summed E-state index contributed by atoms with van der Waals surface area (Å²) >= 11 is 0. The van der Waals surface area contributed by atoms with Crippen LogP contribution in [0.25, 0.3) is 0 Å². The van der Waals surface area contributed by atoms with Crippen molar-refractivity contribution < 1.29 is 18.0 Å². The first kappa shape index (κ1) is 16.3. The molecular formula is C16H17F3N2O. The lowest BCUT2D eigenvalue weighted by Gasteiger charge is -2.36. The highest BCUT2D eigenvalue weighted by Gasteiger charge is 2.39. The van der Waals surface area contributed by atoms with Gasteiger partial charge in [-0.3, -0.25) is 4.79 Å². The van der Waals surface area contributed by atoms with Gasteiger partial charge in [0, 0.05) is 25.4 Å². The van der Waals surface area contributed by atoms with Gasteiger partial charge in [0.25, 0.3) is 0 Å². The molecule has 0 amide bonds. The van der Waals surface area contributed by atoms with Crippen LogP contribution < -0.4 is 4.90 Å². The van der Waals surface area contributed by atoms with Crippen LogP contribution in [0, 0.1) is 11.3 Å². The molecule has 22 heavy (non-hydrogen) atoms. The summed E-state index contributed by atoms with van der Waals surface area (Å²) in [4.78, 5) is 13.2. The summed E-state index contributed by atoms with van der Waals surface area (Å²) in [5.74, 6) is 0.0831. The molecule has 1 aromatic rings. The SMILES string of the molecule is CCN(c1cccc(C#N)c1C(F)(F)F)C1CCCC(=O)C1. The fourth-order valence-corrected chi connectivity index (χ4v) is 3.06. The molecule has 1 aromatic carbocycles. The maximum atomic E-state index is 13.4. The molecule has 2 rings (SSSR count). The van der Waals surface area contributed by atoms with E-state index in [0.717, 1.165) is 0 Å². The Labute approximate surface area is 127 Å². The van der Waals surface area contributed by atoms with E-state index in [1.165, 1.54) is 18.2 Å². The number of anilines is 1. The van der Waals surface area contributed by atoms with Crippen molar-refractivity contribution in [2.75, 3.05) is 11.4 Å². The zero-order chi connectivity index (χ0) is 16.3. The number of carbonyl (C=O) groups excluding carboxylic acids is 1. The lowest BCUT2D eigenvalue weighted by molar-refractivity contribution is -0.137. The first-order chi connectivity index (χ1) is 10.4. The number of nitriles is 1. The van der Waals surface area contributed by atoms with Crippen LogP contribution in [0.5, 0.6) is 0 Å². The van der Waals surface area contributed by atoms with Crippen molar-refractivity contribution in [3.05, 3.63) is 29.3 Å². The molecule has 0 N–H and O–H groups in total. The summed E-state index contributed by atoms with van der Waals surface area (Å²) in [6.45, 7) is 2.12. The molecule has 0 saturated heterocycles. The van der Waals surface area contributed by atoms with Gasteiger partial charge in [-0.15, -0.1) is 0 Å². The van der Waals surface area contributed by atoms with Crippen molar-refractivity contribution in [1.29, 1.82) is 5.26 Å². The Kier molecular flexibility index (Phi) is 4.74. The fraction of sp³-hybridized carbons (Fsp3) is 0.500. The van der Waals surface area contributed by atoms with Gasteiger partial charge in [-0.2, -0.15) is 18.4 Å². The molecule has 0 aliphatic heterocycles. The average Bonchev–Trinajstić information content (AvgIpc) is 2.46. The fourth-order valence-electron chi connectivity index (χ4n) is 3.06. The Balaban J connectivity index is 2.49. The molecule has 1 aliphatic carbocycles. The van der Waals surface area contributed by atoms with Crippen molar-refractivity contribution >= 4 is 11.5 Å². The van der Waals surface area contributed by atoms with E-state index in [0.29, 0.717) is 25.8 Å². The molecular weight excluding hydrogens is 293 g/mol. The third-order valence-corrected chi connectivity index (χ3v) is 3.99. The summed E-state index contributed by atoms with van der Waals surface area (Å²) in [6, 6.07) is 5.39. The molecule has 0 heterocycles. The highest BCUT2D eigenvalue weighted by molar-refractivity contribution is 5.80. The van der Waals surface area contributed by atoms with Gasteiger partial charge in [-0.25, -0.2) is 0 Å². The molecule has 1 saturated carbocycles. The highest BCUT2D eigenvalue weighted by Crippen LogP contribution is 2.40. The smallest absolute Gasteiger partial charge is 0.368 e. The molecule has 3 nitrogen and oxygen atoms in total. The topological polar surface area (TPSA) is 44.1 Å². The quantitative estimate of drug-likeness (QED) is 0.850. The largest absolute Gasteiger partial charge is 0.419 e. The second kappa shape index (κ2) is 6.39. The molecule has 0 spiro atoms. The first-order valence-corrected chi connectivity index (χ1v) is 7.27. The van der Waals surface area contributed by atoms with Gasteiger partial charge in [0.05, 0.1) is 22.9 Å². The standard InChI is InChI=1S/C16H17F3N2O/c1-2-21(12-6-4-7-13(22)9-12)14-8-3-5-11(10-20)15(14)16(17,18)19/h3,5,8,12H,2,4,6-7,9H2,1H3. The first-order valence-electron chi connectivity index (χ1n) is 7.27. The Morgan fingerprint density at radius 3 is 2.68 bits per heavy atom. The summed E-state index contributed by atoms with van der Waals surface area (Å²) in [5.41, 5.74) is -1.29. The zero-order valence-electron chi connectivity index (χ0n) is 12.3. The van der Waals surface area contributed by atoms with Crippen LogP contribution >= 0.6 is 0 Å². The predicted molar refractivity (Wildman–Crippen MR) is 76.4 cm³/mol. The van der Waals surface area contributed by atoms with Crippen LogP contribution in [-0.2, 0) is 11.0 Å². The Morgan fingerprint density at radius 2 is 2.14 bits per heavy atom. The van der Waals surface area contributed by atoms with Crippen LogP contribution in [0.3, 0.4) is 0 Å². The van der Waals surface area contributed by atoms with Gasteiger partial charge < -0.3 is 4.90 Å². The maximum absolute atomic E-state index is 13.4. The van der Waals surface area contributed by atoms with E-state index in [-0.39, 0.29) is 29.5 Å². The number of rotatable bonds is 3. The molecule has 0 radical (unpaired) electrons. The number of benzene rings is 1. The molecule has 1 atom stereocenters. The van der Waals surface area contributed by atoms with Crippen molar-refractivity contribution in [2.45, 2.75) is 44.8 Å². The van der Waals surface area contributed by atoms with E-state index in [2.05, 4.69) is 0 Å². The minimum Gasteiger partial charge on any atom is -0.368 e. The minimum absolute atomic E-state index is 0.00579. The number of halogens is 3. The average molecular weight is 310 g/mol. The van der Waals surface area contributed by atoms with Gasteiger partial charge in [0.15, 0.2) is 0 Å². The maximum Gasteiger partial charge on any atom is 0.419 e. The van der Waals surface area contributed by atoms with E-state index in [1.807, 2.05) is 0 Å². The third kappa shape index (κ3) is 3.24. The van der Waals surface area contributed by atoms with Crippen molar-refractivity contribution in [2.24, 2.45) is 0 Å². The molecule has 0 aromatic heterocycles. The van der Waals surface area contributed by atoms with E-state index in [1.54, 1.807) is 17.9 Å². The monoisotopic (exact) mass is 310 g/mol. The third-order valence-electron chi connectivity index (χ3n) is 3.99. The summed E-state index contributed by atoms with van der Waals surface area (Å²) in [5, 5.41) is 8.99. The number of carbonyl (C=O) groups is 1. The number of alkyl halides is 3. The highest BCUT2D eigenvalue weighted by atomic mass is 19.4. The van der Waals surface area contributed by atoms with E-state index < -0.39 is 11.7 Å². The molecule has 1 aliphatic rings. The summed E-state index contributed by atoms with van der Waals surface area (Å²) in [7, 11) is 0. The molecule has 1 fully saturated rings. The van der Waals surface area contributed by atoms with Crippen molar-refractivity contribution in [1.82, 2.24) is 0 Å². The number of Topliss-reactive ketones (excluding diaryl/α,β-unsaturated/α-hetero) is 1. The van der Waals surface area contributed by atoms with Crippen LogP contribution in [0.2, 0.25) is 0 Å². The summed E-state index contributed by atoms with van der Waals surface area (Å²) < 4.78 is 40.2. The van der Waals surface area contributed by atoms with Crippen molar-refractivity contribution in [3.8, 4) is 6.07 Å².